The number of fused-ring (bicyclic) bond motifs is 1. The molecule has 3 rings (SSSR count). The Balaban J connectivity index is 2.34. The first-order valence-corrected chi connectivity index (χ1v) is 6.62. The minimum atomic E-state index is -0.365. The zero-order valence-corrected chi connectivity index (χ0v) is 11.9. The van der Waals surface area contributed by atoms with Crippen molar-refractivity contribution in [1.82, 2.24) is 9.55 Å². The van der Waals surface area contributed by atoms with E-state index in [9.17, 15) is 4.39 Å². The van der Waals surface area contributed by atoms with Crippen LogP contribution in [0.4, 0.5) is 10.3 Å². The number of anilines is 1. The molecule has 0 aliphatic heterocycles. The van der Waals surface area contributed by atoms with Gasteiger partial charge in [0.05, 0.1) is 21.2 Å². The molecule has 2 aromatic carbocycles. The smallest absolute Gasteiger partial charge is 0.205 e. The van der Waals surface area contributed by atoms with Crippen LogP contribution in [0, 0.1) is 5.82 Å². The van der Waals surface area contributed by atoms with Crippen LogP contribution in [-0.4, -0.2) is 9.55 Å². The lowest BCUT2D eigenvalue weighted by Gasteiger charge is -2.07. The van der Waals surface area contributed by atoms with Crippen molar-refractivity contribution in [2.45, 2.75) is 0 Å². The average Bonchev–Trinajstić information content (AvgIpc) is 2.65. The second-order valence-corrected chi connectivity index (χ2v) is 5.33. The lowest BCUT2D eigenvalue weighted by atomic mass is 10.2. The lowest BCUT2D eigenvalue weighted by Crippen LogP contribution is -2.00. The summed E-state index contributed by atoms with van der Waals surface area (Å²) in [5, 5.41) is 0.580. The van der Waals surface area contributed by atoms with Gasteiger partial charge in [-0.15, -0.1) is 0 Å². The van der Waals surface area contributed by atoms with Crippen LogP contribution in [0.15, 0.2) is 40.9 Å². The van der Waals surface area contributed by atoms with E-state index in [0.717, 1.165) is 5.69 Å². The highest BCUT2D eigenvalue weighted by Gasteiger charge is 2.13. The van der Waals surface area contributed by atoms with E-state index in [4.69, 9.17) is 17.3 Å². The van der Waals surface area contributed by atoms with Gasteiger partial charge < -0.3 is 5.73 Å². The summed E-state index contributed by atoms with van der Waals surface area (Å²) in [7, 11) is 0. The predicted octanol–water partition coefficient (Wildman–Crippen LogP) is 4.16. The van der Waals surface area contributed by atoms with E-state index in [-0.39, 0.29) is 11.8 Å². The fraction of sp³-hybridized carbons (Fsp3) is 0. The number of halogens is 3. The van der Waals surface area contributed by atoms with Crippen molar-refractivity contribution in [3.05, 3.63) is 51.7 Å². The number of hydrogen-bond acceptors (Lipinski definition) is 2. The normalized spacial score (nSPS) is 11.1. The number of hydrogen-bond donors (Lipinski definition) is 1. The molecule has 1 heterocycles. The number of aromatic nitrogens is 2. The van der Waals surface area contributed by atoms with Crippen molar-refractivity contribution in [2.24, 2.45) is 0 Å². The maximum Gasteiger partial charge on any atom is 0.205 e. The largest absolute Gasteiger partial charge is 0.369 e. The Hall–Kier alpha value is -1.59. The van der Waals surface area contributed by atoms with Gasteiger partial charge in [0.2, 0.25) is 5.95 Å². The summed E-state index contributed by atoms with van der Waals surface area (Å²) < 4.78 is 15.7. The fourth-order valence-electron chi connectivity index (χ4n) is 1.98. The van der Waals surface area contributed by atoms with Gasteiger partial charge in [-0.1, -0.05) is 17.7 Å². The summed E-state index contributed by atoms with van der Waals surface area (Å²) in [6, 6.07) is 10.1. The Morgan fingerprint density at radius 2 is 2.05 bits per heavy atom. The molecule has 0 unspecified atom stereocenters. The van der Waals surface area contributed by atoms with Crippen molar-refractivity contribution in [1.29, 1.82) is 0 Å². The molecule has 0 amide bonds. The Morgan fingerprint density at radius 3 is 2.79 bits per heavy atom. The molecule has 1 aromatic heterocycles. The Kier molecular flexibility index (Phi) is 2.95. The zero-order chi connectivity index (χ0) is 13.6. The minimum absolute atomic E-state index is 0.287. The SMILES string of the molecule is Nc1nc2cc(Br)c(F)cc2n1-c1cccc(Cl)c1. The highest BCUT2D eigenvalue weighted by atomic mass is 79.9. The molecule has 3 aromatic rings. The van der Waals surface area contributed by atoms with Gasteiger partial charge in [-0.25, -0.2) is 9.37 Å². The van der Waals surface area contributed by atoms with Gasteiger partial charge in [0.15, 0.2) is 0 Å². The van der Waals surface area contributed by atoms with Crippen LogP contribution in [0.2, 0.25) is 5.02 Å². The molecule has 19 heavy (non-hydrogen) atoms. The molecule has 0 spiro atoms. The molecule has 0 aliphatic rings. The molecule has 0 radical (unpaired) electrons. The number of imidazole rings is 1. The zero-order valence-electron chi connectivity index (χ0n) is 9.57. The first-order chi connectivity index (χ1) is 9.06. The maximum atomic E-state index is 13.7. The number of benzene rings is 2. The summed E-state index contributed by atoms with van der Waals surface area (Å²) in [6.07, 6.45) is 0. The van der Waals surface area contributed by atoms with Crippen LogP contribution in [0.1, 0.15) is 0 Å². The molecule has 3 nitrogen and oxygen atoms in total. The van der Waals surface area contributed by atoms with Crippen molar-refractivity contribution >= 4 is 44.5 Å². The van der Waals surface area contributed by atoms with Gasteiger partial charge in [0.25, 0.3) is 0 Å². The number of nitrogen functional groups attached to an aromatic ring is 1. The number of nitrogens with zero attached hydrogens (tertiary/aromatic N) is 2. The van der Waals surface area contributed by atoms with Crippen LogP contribution >= 0.6 is 27.5 Å². The van der Waals surface area contributed by atoms with Gasteiger partial charge in [0, 0.05) is 11.1 Å². The molecule has 0 atom stereocenters. The van der Waals surface area contributed by atoms with Crippen molar-refractivity contribution in [3.63, 3.8) is 0 Å². The van der Waals surface area contributed by atoms with Crippen LogP contribution in [0.3, 0.4) is 0 Å². The van der Waals surface area contributed by atoms with Gasteiger partial charge >= 0.3 is 0 Å². The van der Waals surface area contributed by atoms with Gasteiger partial charge in [-0.2, -0.15) is 0 Å². The number of rotatable bonds is 1. The van der Waals surface area contributed by atoms with E-state index in [1.807, 2.05) is 6.07 Å². The second kappa shape index (κ2) is 4.51. The Morgan fingerprint density at radius 1 is 1.26 bits per heavy atom. The van der Waals surface area contributed by atoms with E-state index in [2.05, 4.69) is 20.9 Å². The first kappa shape index (κ1) is 12.4. The molecule has 2 N–H and O–H groups in total. The molecule has 0 saturated heterocycles. The summed E-state index contributed by atoms with van der Waals surface area (Å²) >= 11 is 9.10. The molecular formula is C13H8BrClFN3. The predicted molar refractivity (Wildman–Crippen MR) is 78.2 cm³/mol. The highest BCUT2D eigenvalue weighted by Crippen LogP contribution is 2.28. The average molecular weight is 341 g/mol. The van der Waals surface area contributed by atoms with E-state index in [1.54, 1.807) is 28.8 Å². The second-order valence-electron chi connectivity index (χ2n) is 4.04. The van der Waals surface area contributed by atoms with Crippen LogP contribution in [0.5, 0.6) is 0 Å². The van der Waals surface area contributed by atoms with Gasteiger partial charge in [0.1, 0.15) is 5.82 Å². The highest BCUT2D eigenvalue weighted by molar-refractivity contribution is 9.10. The summed E-state index contributed by atoms with van der Waals surface area (Å²) in [6.45, 7) is 0. The molecule has 0 aliphatic carbocycles. The van der Waals surface area contributed by atoms with Crippen LogP contribution < -0.4 is 5.73 Å². The monoisotopic (exact) mass is 339 g/mol. The molecule has 6 heteroatoms. The summed E-state index contributed by atoms with van der Waals surface area (Å²) in [5.41, 5.74) is 7.87. The molecule has 0 fully saturated rings. The third-order valence-corrected chi connectivity index (χ3v) is 3.63. The molecule has 96 valence electrons. The maximum absolute atomic E-state index is 13.7. The Labute approximate surface area is 121 Å². The molecule has 0 bridgehead atoms. The van der Waals surface area contributed by atoms with E-state index in [0.29, 0.717) is 20.5 Å². The number of nitrogens with two attached hydrogens (primary N) is 1. The topological polar surface area (TPSA) is 43.8 Å². The van der Waals surface area contributed by atoms with E-state index >= 15 is 0 Å². The summed E-state index contributed by atoms with van der Waals surface area (Å²) in [4.78, 5) is 4.22. The van der Waals surface area contributed by atoms with Crippen molar-refractivity contribution in [2.75, 3.05) is 5.73 Å². The molecule has 0 saturated carbocycles. The standard InChI is InChI=1S/C13H8BrClFN3/c14-9-5-11-12(6-10(9)16)19(13(17)18-11)8-3-1-2-7(15)4-8/h1-6H,(H2,17,18). The van der Waals surface area contributed by atoms with Gasteiger partial charge in [-0.3, -0.25) is 4.57 Å². The first-order valence-electron chi connectivity index (χ1n) is 5.45. The third kappa shape index (κ3) is 2.09. The molecular weight excluding hydrogens is 333 g/mol. The van der Waals surface area contributed by atoms with E-state index in [1.165, 1.54) is 6.07 Å². The third-order valence-electron chi connectivity index (χ3n) is 2.79. The quantitative estimate of drug-likeness (QED) is 0.723. The van der Waals surface area contributed by atoms with Crippen molar-refractivity contribution < 1.29 is 4.39 Å². The fourth-order valence-corrected chi connectivity index (χ4v) is 2.49. The Bertz CT molecular complexity index is 785. The lowest BCUT2D eigenvalue weighted by molar-refractivity contribution is 0.622. The summed E-state index contributed by atoms with van der Waals surface area (Å²) in [5.74, 6) is -0.0783. The van der Waals surface area contributed by atoms with Crippen LogP contribution in [-0.2, 0) is 0 Å². The van der Waals surface area contributed by atoms with Crippen molar-refractivity contribution in [3.8, 4) is 5.69 Å². The van der Waals surface area contributed by atoms with Gasteiger partial charge in [-0.05, 0) is 40.2 Å². The minimum Gasteiger partial charge on any atom is -0.369 e. The van der Waals surface area contributed by atoms with E-state index < -0.39 is 0 Å². The van der Waals surface area contributed by atoms with Crippen LogP contribution in [0.25, 0.3) is 16.7 Å².